The van der Waals surface area contributed by atoms with Crippen molar-refractivity contribution in [3.63, 3.8) is 0 Å². The molecule has 0 radical (unpaired) electrons. The number of esters is 1. The molecule has 11 heteroatoms. The zero-order valence-corrected chi connectivity index (χ0v) is 23.6. The number of fused-ring (bicyclic) bond motifs is 2. The Balaban J connectivity index is 1.65. The summed E-state index contributed by atoms with van der Waals surface area (Å²) in [5.41, 5.74) is 7.76. The number of nitrogens with zero attached hydrogens (tertiary/aromatic N) is 3. The van der Waals surface area contributed by atoms with Gasteiger partial charge in [-0.3, -0.25) is 24.5 Å². The lowest BCUT2D eigenvalue weighted by Gasteiger charge is -2.27. The number of nitrogens with one attached hydrogen (secondary N) is 1. The number of sulfonamides is 1. The van der Waals surface area contributed by atoms with Crippen LogP contribution in [0.4, 0.5) is 11.4 Å². The van der Waals surface area contributed by atoms with Crippen molar-refractivity contribution in [2.75, 3.05) is 17.2 Å². The quantitative estimate of drug-likeness (QED) is 0.266. The number of pyridine rings is 1. The van der Waals surface area contributed by atoms with Gasteiger partial charge in [0.25, 0.3) is 5.91 Å². The summed E-state index contributed by atoms with van der Waals surface area (Å²) in [7, 11) is -4.33. The van der Waals surface area contributed by atoms with Crippen molar-refractivity contribution in [2.45, 2.75) is 37.4 Å². The first kappa shape index (κ1) is 27.9. The molecule has 0 saturated heterocycles. The van der Waals surface area contributed by atoms with Crippen molar-refractivity contribution in [3.05, 3.63) is 96.2 Å². The number of rotatable bonds is 6. The lowest BCUT2D eigenvalue weighted by atomic mass is 10.00. The molecule has 1 aliphatic heterocycles. The van der Waals surface area contributed by atoms with Gasteiger partial charge in [0, 0.05) is 28.4 Å². The molecule has 0 saturated carbocycles. The van der Waals surface area contributed by atoms with Gasteiger partial charge in [0.05, 0.1) is 16.9 Å². The van der Waals surface area contributed by atoms with Crippen LogP contribution >= 0.6 is 0 Å². The average Bonchev–Trinajstić information content (AvgIpc) is 3.02. The lowest BCUT2D eigenvalue weighted by molar-refractivity contribution is -0.153. The third-order valence-electron chi connectivity index (χ3n) is 6.23. The van der Waals surface area contributed by atoms with Crippen molar-refractivity contribution in [1.29, 1.82) is 0 Å². The van der Waals surface area contributed by atoms with E-state index >= 15 is 0 Å². The number of benzene rings is 3. The van der Waals surface area contributed by atoms with E-state index in [0.717, 1.165) is 0 Å². The van der Waals surface area contributed by atoms with Crippen LogP contribution in [0.3, 0.4) is 0 Å². The van der Waals surface area contributed by atoms with Crippen molar-refractivity contribution in [1.82, 2.24) is 9.71 Å². The fraction of sp³-hybridized carbons (Fsp3) is 0.200. The van der Waals surface area contributed by atoms with Gasteiger partial charge >= 0.3 is 5.97 Å². The maximum absolute atomic E-state index is 14.1. The SMILES string of the molecule is CC(C)(C)OC(=O)CN1C(=O)C(NS(=O)(=O)c2cccc3cccnc23)N=C(c2cccc(N)c2)c2ccccc21. The molecule has 210 valence electrons. The van der Waals surface area contributed by atoms with Crippen LogP contribution < -0.4 is 15.4 Å². The number of ether oxygens (including phenoxy) is 1. The summed E-state index contributed by atoms with van der Waals surface area (Å²) in [6.45, 7) is 4.71. The number of anilines is 2. The molecule has 1 amide bonds. The summed E-state index contributed by atoms with van der Waals surface area (Å²) >= 11 is 0. The Hall–Kier alpha value is -4.61. The Labute approximate surface area is 237 Å². The molecule has 3 aromatic carbocycles. The zero-order valence-electron chi connectivity index (χ0n) is 22.7. The van der Waals surface area contributed by atoms with Crippen molar-refractivity contribution >= 4 is 49.9 Å². The molecule has 2 heterocycles. The van der Waals surface area contributed by atoms with E-state index in [1.54, 1.807) is 93.6 Å². The molecule has 5 rings (SSSR count). The van der Waals surface area contributed by atoms with Gasteiger partial charge in [-0.05, 0) is 51.1 Å². The third-order valence-corrected chi connectivity index (χ3v) is 7.67. The van der Waals surface area contributed by atoms with Crippen LogP contribution in [-0.4, -0.2) is 49.3 Å². The fourth-order valence-corrected chi connectivity index (χ4v) is 5.85. The van der Waals surface area contributed by atoms with Gasteiger partial charge in [0.2, 0.25) is 10.0 Å². The molecule has 0 bridgehead atoms. The second-order valence-corrected chi connectivity index (χ2v) is 12.2. The van der Waals surface area contributed by atoms with Gasteiger partial charge in [0.1, 0.15) is 17.0 Å². The molecule has 4 aromatic rings. The molecular weight excluding hydrogens is 542 g/mol. The summed E-state index contributed by atoms with van der Waals surface area (Å²) < 4.78 is 35.5. The second kappa shape index (κ2) is 10.8. The predicted molar refractivity (Wildman–Crippen MR) is 157 cm³/mol. The van der Waals surface area contributed by atoms with Crippen LogP contribution in [0.25, 0.3) is 10.9 Å². The minimum absolute atomic E-state index is 0.107. The highest BCUT2D eigenvalue weighted by Gasteiger charge is 2.37. The number of nitrogens with two attached hydrogens (primary N) is 1. The fourth-order valence-electron chi connectivity index (χ4n) is 4.59. The number of hydrogen-bond donors (Lipinski definition) is 2. The maximum atomic E-state index is 14.1. The molecular formula is C30H29N5O5S. The summed E-state index contributed by atoms with van der Waals surface area (Å²) in [4.78, 5) is 37.0. The molecule has 1 aromatic heterocycles. The summed E-state index contributed by atoms with van der Waals surface area (Å²) in [6.07, 6.45) is -0.127. The van der Waals surface area contributed by atoms with E-state index in [4.69, 9.17) is 10.5 Å². The Morgan fingerprint density at radius 1 is 1.02 bits per heavy atom. The van der Waals surface area contributed by atoms with Crippen molar-refractivity contribution in [2.24, 2.45) is 4.99 Å². The van der Waals surface area contributed by atoms with Crippen molar-refractivity contribution in [3.8, 4) is 0 Å². The van der Waals surface area contributed by atoms with Crippen molar-refractivity contribution < 1.29 is 22.7 Å². The molecule has 1 unspecified atom stereocenters. The van der Waals surface area contributed by atoms with Gasteiger partial charge < -0.3 is 10.5 Å². The topological polar surface area (TPSA) is 144 Å². The van der Waals surface area contributed by atoms with E-state index in [1.807, 2.05) is 0 Å². The monoisotopic (exact) mass is 571 g/mol. The van der Waals surface area contributed by atoms with E-state index < -0.39 is 40.2 Å². The number of nitrogen functional groups attached to an aromatic ring is 1. The van der Waals surface area contributed by atoms with Gasteiger partial charge in [-0.15, -0.1) is 0 Å². The molecule has 1 aliphatic rings. The maximum Gasteiger partial charge on any atom is 0.326 e. The number of aromatic nitrogens is 1. The van der Waals surface area contributed by atoms with Crippen LogP contribution in [0.15, 0.2) is 94.9 Å². The van der Waals surface area contributed by atoms with Crippen LogP contribution in [0.2, 0.25) is 0 Å². The highest BCUT2D eigenvalue weighted by atomic mass is 32.2. The molecule has 10 nitrogen and oxygen atoms in total. The molecule has 0 aliphatic carbocycles. The molecule has 0 spiro atoms. The first-order valence-corrected chi connectivity index (χ1v) is 14.3. The number of hydrogen-bond acceptors (Lipinski definition) is 8. The minimum Gasteiger partial charge on any atom is -0.459 e. The first-order chi connectivity index (χ1) is 19.4. The number of carbonyl (C=O) groups is 2. The van der Waals surface area contributed by atoms with Gasteiger partial charge in [-0.1, -0.05) is 48.5 Å². The Morgan fingerprint density at radius 2 is 1.76 bits per heavy atom. The number of para-hydroxylation sites is 2. The van der Waals surface area contributed by atoms with Crippen LogP contribution in [-0.2, 0) is 24.3 Å². The first-order valence-electron chi connectivity index (χ1n) is 12.9. The minimum atomic E-state index is -4.33. The van der Waals surface area contributed by atoms with Crippen LogP contribution in [0.5, 0.6) is 0 Å². The predicted octanol–water partition coefficient (Wildman–Crippen LogP) is 3.65. The van der Waals surface area contributed by atoms with Gasteiger partial charge in [-0.25, -0.2) is 8.42 Å². The van der Waals surface area contributed by atoms with E-state index in [1.165, 1.54) is 17.2 Å². The molecule has 3 N–H and O–H groups in total. The number of carbonyl (C=O) groups excluding carboxylic acids is 2. The largest absolute Gasteiger partial charge is 0.459 e. The Kier molecular flexibility index (Phi) is 7.33. The average molecular weight is 572 g/mol. The third kappa shape index (κ3) is 5.96. The Morgan fingerprint density at radius 3 is 2.51 bits per heavy atom. The van der Waals surface area contributed by atoms with Crippen LogP contribution in [0, 0.1) is 0 Å². The van der Waals surface area contributed by atoms with Gasteiger partial charge in [0.15, 0.2) is 6.17 Å². The van der Waals surface area contributed by atoms with Gasteiger partial charge in [-0.2, -0.15) is 4.72 Å². The summed E-state index contributed by atoms with van der Waals surface area (Å²) in [5, 5.41) is 0.616. The van der Waals surface area contributed by atoms with Crippen LogP contribution in [0.1, 0.15) is 31.9 Å². The lowest BCUT2D eigenvalue weighted by Crippen LogP contribution is -2.49. The highest BCUT2D eigenvalue weighted by Crippen LogP contribution is 2.30. The smallest absolute Gasteiger partial charge is 0.326 e. The highest BCUT2D eigenvalue weighted by molar-refractivity contribution is 7.89. The summed E-state index contributed by atoms with van der Waals surface area (Å²) in [5.74, 6) is -1.41. The number of amides is 1. The standard InChI is InChI=1S/C30H29N5O5S/c1-30(2,3)40-25(36)18-35-23-14-5-4-13-22(23)26(20-10-6-12-21(31)17-20)33-28(29(35)37)34-41(38,39)24-15-7-9-19-11-8-16-32-27(19)24/h4-17,28,34H,18,31H2,1-3H3. The second-order valence-electron chi connectivity index (χ2n) is 10.5. The normalized spacial score (nSPS) is 15.7. The van der Waals surface area contributed by atoms with E-state index in [9.17, 15) is 18.0 Å². The molecule has 41 heavy (non-hydrogen) atoms. The molecule has 0 fully saturated rings. The summed E-state index contributed by atoms with van der Waals surface area (Å²) in [6, 6.07) is 22.0. The zero-order chi connectivity index (χ0) is 29.4. The Bertz CT molecular complexity index is 1790. The van der Waals surface area contributed by atoms with E-state index in [-0.39, 0.29) is 10.4 Å². The molecule has 1 atom stereocenters. The number of benzodiazepines with no additional fused rings is 1. The number of aliphatic imine (C=N–C) groups is 1. The van der Waals surface area contributed by atoms with E-state index in [0.29, 0.717) is 33.6 Å². The van der Waals surface area contributed by atoms with E-state index in [2.05, 4.69) is 14.7 Å².